The van der Waals surface area contributed by atoms with Gasteiger partial charge in [-0.3, -0.25) is 0 Å². The van der Waals surface area contributed by atoms with Crippen molar-refractivity contribution in [1.82, 2.24) is 20.2 Å². The highest BCUT2D eigenvalue weighted by atomic mass is 35.5. The Morgan fingerprint density at radius 1 is 1.37 bits per heavy atom. The molecule has 0 radical (unpaired) electrons. The molecule has 1 aromatic carbocycles. The van der Waals surface area contributed by atoms with E-state index in [0.29, 0.717) is 24.5 Å². The molecule has 2 amide bonds. The number of aliphatic hydroxyl groups excluding tert-OH is 2. The summed E-state index contributed by atoms with van der Waals surface area (Å²) in [5.41, 5.74) is 2.20. The number of anilines is 1. The molecule has 0 spiro atoms. The summed E-state index contributed by atoms with van der Waals surface area (Å²) in [7, 11) is 0. The van der Waals surface area contributed by atoms with Crippen LogP contribution in [0.1, 0.15) is 36.2 Å². The van der Waals surface area contributed by atoms with Crippen molar-refractivity contribution in [2.75, 3.05) is 25.1 Å². The topological polar surface area (TPSA) is 111 Å². The highest BCUT2D eigenvalue weighted by Gasteiger charge is 2.25. The average Bonchev–Trinajstić information content (AvgIpc) is 2.77. The second-order valence-electron chi connectivity index (χ2n) is 7.13. The quantitative estimate of drug-likeness (QED) is 0.528. The molecule has 0 saturated heterocycles. The van der Waals surface area contributed by atoms with Gasteiger partial charge < -0.3 is 25.7 Å². The van der Waals surface area contributed by atoms with Crippen LogP contribution in [0.4, 0.5) is 15.1 Å². The van der Waals surface area contributed by atoms with Gasteiger partial charge in [0.1, 0.15) is 5.82 Å². The number of carbonyl (C=O) groups is 1. The SMILES string of the molecule is CC[C@@H](CO)Nc1ncc2c(n1)CN(C(=O)N[C@H](CO)c1ccc(F)c(Cl)c1)CC2. The summed E-state index contributed by atoms with van der Waals surface area (Å²) in [6, 6.07) is 2.85. The van der Waals surface area contributed by atoms with Crippen LogP contribution in [0.15, 0.2) is 24.4 Å². The van der Waals surface area contributed by atoms with Crippen LogP contribution in [0.2, 0.25) is 5.02 Å². The number of nitrogens with one attached hydrogen (secondary N) is 2. The highest BCUT2D eigenvalue weighted by molar-refractivity contribution is 6.30. The van der Waals surface area contributed by atoms with Crippen molar-refractivity contribution in [3.63, 3.8) is 0 Å². The number of nitrogens with zero attached hydrogens (tertiary/aromatic N) is 3. The third kappa shape index (κ3) is 5.16. The van der Waals surface area contributed by atoms with Crippen molar-refractivity contribution >= 4 is 23.6 Å². The van der Waals surface area contributed by atoms with Crippen LogP contribution in [0.3, 0.4) is 0 Å². The minimum atomic E-state index is -0.713. The Labute approximate surface area is 179 Å². The van der Waals surface area contributed by atoms with Crippen molar-refractivity contribution in [1.29, 1.82) is 0 Å². The van der Waals surface area contributed by atoms with E-state index in [4.69, 9.17) is 11.6 Å². The van der Waals surface area contributed by atoms with E-state index in [1.807, 2.05) is 6.92 Å². The second-order valence-corrected chi connectivity index (χ2v) is 7.53. The van der Waals surface area contributed by atoms with Gasteiger partial charge >= 0.3 is 6.03 Å². The molecule has 0 fully saturated rings. The molecule has 162 valence electrons. The molecular formula is C20H25ClFN5O3. The zero-order chi connectivity index (χ0) is 21.7. The fourth-order valence-corrected chi connectivity index (χ4v) is 3.40. The number of amides is 2. The van der Waals surface area contributed by atoms with Crippen LogP contribution >= 0.6 is 11.6 Å². The summed E-state index contributed by atoms with van der Waals surface area (Å²) in [6.45, 7) is 2.34. The lowest BCUT2D eigenvalue weighted by Crippen LogP contribution is -2.45. The Bertz CT molecular complexity index is 897. The number of rotatable bonds is 7. The molecule has 2 atom stereocenters. The maximum absolute atomic E-state index is 13.4. The number of hydrogen-bond donors (Lipinski definition) is 4. The van der Waals surface area contributed by atoms with Gasteiger partial charge in [-0.2, -0.15) is 0 Å². The first-order valence-corrected chi connectivity index (χ1v) is 10.2. The average molecular weight is 438 g/mol. The Hall–Kier alpha value is -2.49. The maximum atomic E-state index is 13.4. The molecule has 0 bridgehead atoms. The summed E-state index contributed by atoms with van der Waals surface area (Å²) in [4.78, 5) is 23.1. The van der Waals surface area contributed by atoms with Crippen LogP contribution in [0.25, 0.3) is 0 Å². The van der Waals surface area contributed by atoms with Gasteiger partial charge in [-0.15, -0.1) is 0 Å². The maximum Gasteiger partial charge on any atom is 0.318 e. The van der Waals surface area contributed by atoms with Gasteiger partial charge in [0, 0.05) is 12.7 Å². The molecule has 0 unspecified atom stereocenters. The zero-order valence-corrected chi connectivity index (χ0v) is 17.4. The molecule has 0 saturated carbocycles. The number of halogens is 2. The Kier molecular flexibility index (Phi) is 7.41. The van der Waals surface area contributed by atoms with Crippen molar-refractivity contribution in [2.24, 2.45) is 0 Å². The first-order valence-electron chi connectivity index (χ1n) is 9.78. The molecule has 1 aromatic heterocycles. The van der Waals surface area contributed by atoms with E-state index in [2.05, 4.69) is 20.6 Å². The minimum absolute atomic E-state index is 0.0264. The molecule has 1 aliphatic rings. The molecular weight excluding hydrogens is 413 g/mol. The van der Waals surface area contributed by atoms with E-state index in [9.17, 15) is 19.4 Å². The molecule has 30 heavy (non-hydrogen) atoms. The normalized spacial score (nSPS) is 15.3. The second kappa shape index (κ2) is 10.0. The minimum Gasteiger partial charge on any atom is -0.394 e. The fourth-order valence-electron chi connectivity index (χ4n) is 3.21. The predicted molar refractivity (Wildman–Crippen MR) is 111 cm³/mol. The summed E-state index contributed by atoms with van der Waals surface area (Å²) >= 11 is 5.81. The van der Waals surface area contributed by atoms with E-state index in [0.717, 1.165) is 17.7 Å². The first-order chi connectivity index (χ1) is 14.4. The molecule has 2 aromatic rings. The van der Waals surface area contributed by atoms with Gasteiger partial charge in [-0.1, -0.05) is 24.6 Å². The van der Waals surface area contributed by atoms with Gasteiger partial charge in [0.2, 0.25) is 5.95 Å². The largest absolute Gasteiger partial charge is 0.394 e. The van der Waals surface area contributed by atoms with Gasteiger partial charge in [-0.25, -0.2) is 19.2 Å². The number of carbonyl (C=O) groups excluding carboxylic acids is 1. The third-order valence-electron chi connectivity index (χ3n) is 5.11. The van der Waals surface area contributed by atoms with E-state index >= 15 is 0 Å². The van der Waals surface area contributed by atoms with E-state index < -0.39 is 11.9 Å². The number of fused-ring (bicyclic) bond motifs is 1. The molecule has 2 heterocycles. The zero-order valence-electron chi connectivity index (χ0n) is 16.6. The van der Waals surface area contributed by atoms with Crippen LogP contribution < -0.4 is 10.6 Å². The van der Waals surface area contributed by atoms with Gasteiger partial charge in [0.25, 0.3) is 0 Å². The van der Waals surface area contributed by atoms with E-state index in [1.165, 1.54) is 18.2 Å². The number of aromatic nitrogens is 2. The summed E-state index contributed by atoms with van der Waals surface area (Å²) in [5, 5.41) is 24.8. The van der Waals surface area contributed by atoms with Crippen LogP contribution in [0, 0.1) is 5.82 Å². The highest BCUT2D eigenvalue weighted by Crippen LogP contribution is 2.22. The molecule has 10 heteroatoms. The van der Waals surface area contributed by atoms with Crippen LogP contribution in [-0.4, -0.2) is 56.9 Å². The first kappa shape index (κ1) is 22.2. The van der Waals surface area contributed by atoms with Crippen molar-refractivity contribution in [3.05, 3.63) is 52.1 Å². The third-order valence-corrected chi connectivity index (χ3v) is 5.40. The molecule has 8 nitrogen and oxygen atoms in total. The summed E-state index contributed by atoms with van der Waals surface area (Å²) in [6.07, 6.45) is 3.06. The summed E-state index contributed by atoms with van der Waals surface area (Å²) in [5.74, 6) is -0.155. The van der Waals surface area contributed by atoms with Crippen LogP contribution in [0.5, 0.6) is 0 Å². The lowest BCUT2D eigenvalue weighted by Gasteiger charge is -2.30. The van der Waals surface area contributed by atoms with Gasteiger partial charge in [0.05, 0.1) is 42.6 Å². The molecule has 4 N–H and O–H groups in total. The molecule has 3 rings (SSSR count). The monoisotopic (exact) mass is 437 g/mol. The van der Waals surface area contributed by atoms with Crippen molar-refractivity contribution in [3.8, 4) is 0 Å². The summed E-state index contributed by atoms with van der Waals surface area (Å²) < 4.78 is 13.4. The Morgan fingerprint density at radius 2 is 2.17 bits per heavy atom. The fraction of sp³-hybridized carbons (Fsp3) is 0.450. The van der Waals surface area contributed by atoms with Gasteiger partial charge in [0.15, 0.2) is 0 Å². The number of benzene rings is 1. The molecule has 1 aliphatic heterocycles. The lowest BCUT2D eigenvalue weighted by atomic mass is 10.1. The Balaban J connectivity index is 1.68. The van der Waals surface area contributed by atoms with E-state index in [1.54, 1.807) is 11.1 Å². The van der Waals surface area contributed by atoms with Crippen molar-refractivity contribution in [2.45, 2.75) is 38.4 Å². The van der Waals surface area contributed by atoms with E-state index in [-0.39, 0.29) is 36.9 Å². The van der Waals surface area contributed by atoms with Crippen molar-refractivity contribution < 1.29 is 19.4 Å². The number of urea groups is 1. The van der Waals surface area contributed by atoms with Crippen LogP contribution in [-0.2, 0) is 13.0 Å². The predicted octanol–water partition coefficient (Wildman–Crippen LogP) is 2.25. The van der Waals surface area contributed by atoms with Gasteiger partial charge in [-0.05, 0) is 36.1 Å². The molecule has 0 aliphatic carbocycles. The standard InChI is InChI=1S/C20H25ClFN5O3/c1-2-14(10-28)24-19-23-8-13-5-6-27(9-17(13)25-19)20(30)26-18(11-29)12-3-4-16(22)15(21)7-12/h3-4,7-8,14,18,28-29H,2,5-6,9-11H2,1H3,(H,26,30)(H,23,24,25)/t14-,18+/m0/s1. The number of hydrogen-bond acceptors (Lipinski definition) is 6. The Morgan fingerprint density at radius 3 is 2.83 bits per heavy atom. The smallest absolute Gasteiger partial charge is 0.318 e. The number of aliphatic hydroxyl groups is 2. The lowest BCUT2D eigenvalue weighted by molar-refractivity contribution is 0.176.